The first-order chi connectivity index (χ1) is 16.7. The van der Waals surface area contributed by atoms with Gasteiger partial charge in [0.05, 0.1) is 16.8 Å². The van der Waals surface area contributed by atoms with Gasteiger partial charge in [0.1, 0.15) is 0 Å². The lowest BCUT2D eigenvalue weighted by atomic mass is 9.88. The summed E-state index contributed by atoms with van der Waals surface area (Å²) in [4.78, 5) is 24.8. The van der Waals surface area contributed by atoms with E-state index >= 15 is 0 Å². The fourth-order valence-electron chi connectivity index (χ4n) is 4.02. The van der Waals surface area contributed by atoms with Crippen molar-refractivity contribution in [3.05, 3.63) is 125 Å². The van der Waals surface area contributed by atoms with E-state index in [-0.39, 0.29) is 11.8 Å². The number of pyridine rings is 1. The van der Waals surface area contributed by atoms with Crippen LogP contribution in [-0.4, -0.2) is 15.9 Å². The summed E-state index contributed by atoms with van der Waals surface area (Å²) in [6.45, 7) is 0.421. The smallest absolute Gasteiger partial charge is 0.230 e. The van der Waals surface area contributed by atoms with Gasteiger partial charge >= 0.3 is 0 Å². The standard InChI is InChI=1S/C28H22BrN3OS/c29-23-13-14-25-26(16-23)34-28(31-25)32(19-20-8-7-15-30-18-20)27(33)17-24(21-9-3-1-4-10-21)22-11-5-2-6-12-22/h1-16,18,24H,17,19H2. The maximum absolute atomic E-state index is 13.9. The van der Waals surface area contributed by atoms with E-state index in [0.29, 0.717) is 18.1 Å². The minimum atomic E-state index is -0.0465. The number of nitrogens with zero attached hydrogens (tertiary/aromatic N) is 3. The average Bonchev–Trinajstić information content (AvgIpc) is 3.30. The zero-order chi connectivity index (χ0) is 23.3. The fraction of sp³-hybridized carbons (Fsp3) is 0.107. The van der Waals surface area contributed by atoms with Crippen molar-refractivity contribution in [1.82, 2.24) is 9.97 Å². The third-order valence-corrected chi connectivity index (χ3v) is 7.25. The number of fused-ring (bicyclic) bond motifs is 1. The first kappa shape index (κ1) is 22.4. The molecule has 0 spiro atoms. The molecule has 34 heavy (non-hydrogen) atoms. The number of hydrogen-bond donors (Lipinski definition) is 0. The van der Waals surface area contributed by atoms with Gasteiger partial charge in [0.25, 0.3) is 0 Å². The van der Waals surface area contributed by atoms with E-state index in [4.69, 9.17) is 4.98 Å². The maximum Gasteiger partial charge on any atom is 0.230 e. The Morgan fingerprint density at radius 1 is 0.912 bits per heavy atom. The lowest BCUT2D eigenvalue weighted by molar-refractivity contribution is -0.119. The summed E-state index contributed by atoms with van der Waals surface area (Å²) in [5.74, 6) is -0.0190. The molecule has 2 aromatic heterocycles. The van der Waals surface area contributed by atoms with Crippen molar-refractivity contribution in [2.24, 2.45) is 0 Å². The highest BCUT2D eigenvalue weighted by Gasteiger charge is 2.25. The second-order valence-corrected chi connectivity index (χ2v) is 9.95. The van der Waals surface area contributed by atoms with Gasteiger partial charge in [-0.1, -0.05) is 94.0 Å². The number of rotatable bonds is 7. The first-order valence-electron chi connectivity index (χ1n) is 11.0. The normalized spacial score (nSPS) is 11.1. The summed E-state index contributed by atoms with van der Waals surface area (Å²) >= 11 is 5.07. The Balaban J connectivity index is 1.52. The van der Waals surface area contributed by atoms with Gasteiger partial charge in [-0.3, -0.25) is 14.7 Å². The topological polar surface area (TPSA) is 46.1 Å². The number of halogens is 1. The van der Waals surface area contributed by atoms with Gasteiger partial charge < -0.3 is 0 Å². The molecule has 0 radical (unpaired) electrons. The Bertz CT molecular complexity index is 1350. The Kier molecular flexibility index (Phi) is 6.79. The van der Waals surface area contributed by atoms with Crippen LogP contribution in [0.4, 0.5) is 5.13 Å². The molecule has 0 aliphatic heterocycles. The Hall–Kier alpha value is -3.35. The fourth-order valence-corrected chi connectivity index (χ4v) is 5.56. The van der Waals surface area contributed by atoms with Crippen LogP contribution >= 0.6 is 27.3 Å². The minimum absolute atomic E-state index is 0.0275. The molecule has 1 amide bonds. The number of thiazole rings is 1. The molecule has 2 heterocycles. The number of amides is 1. The Morgan fingerprint density at radius 2 is 1.62 bits per heavy atom. The van der Waals surface area contributed by atoms with E-state index in [2.05, 4.69) is 45.2 Å². The summed E-state index contributed by atoms with van der Waals surface area (Å²) in [5.41, 5.74) is 4.09. The number of anilines is 1. The minimum Gasteiger partial charge on any atom is -0.284 e. The highest BCUT2D eigenvalue weighted by atomic mass is 79.9. The molecule has 6 heteroatoms. The second-order valence-electron chi connectivity index (χ2n) is 8.03. The molecule has 0 aliphatic carbocycles. The molecule has 168 valence electrons. The van der Waals surface area contributed by atoms with Crippen LogP contribution in [0.1, 0.15) is 29.0 Å². The van der Waals surface area contributed by atoms with Crippen molar-refractivity contribution in [2.45, 2.75) is 18.9 Å². The van der Waals surface area contributed by atoms with E-state index in [0.717, 1.165) is 31.4 Å². The van der Waals surface area contributed by atoms with Crippen molar-refractivity contribution < 1.29 is 4.79 Å². The molecule has 3 aromatic carbocycles. The summed E-state index contributed by atoms with van der Waals surface area (Å²) in [6.07, 6.45) is 3.88. The van der Waals surface area contributed by atoms with Crippen molar-refractivity contribution in [3.8, 4) is 0 Å². The predicted octanol–water partition coefficient (Wildman–Crippen LogP) is 7.21. The van der Waals surface area contributed by atoms with Crippen LogP contribution in [0.3, 0.4) is 0 Å². The molecule has 0 atom stereocenters. The van der Waals surface area contributed by atoms with E-state index in [9.17, 15) is 4.79 Å². The van der Waals surface area contributed by atoms with Crippen LogP contribution in [0.15, 0.2) is 108 Å². The van der Waals surface area contributed by atoms with Gasteiger partial charge in [-0.2, -0.15) is 0 Å². The van der Waals surface area contributed by atoms with Crippen molar-refractivity contribution in [3.63, 3.8) is 0 Å². The maximum atomic E-state index is 13.9. The lowest BCUT2D eigenvalue weighted by Crippen LogP contribution is -2.31. The third-order valence-electron chi connectivity index (χ3n) is 5.72. The van der Waals surface area contributed by atoms with Crippen molar-refractivity contribution in [2.75, 3.05) is 4.90 Å². The summed E-state index contributed by atoms with van der Waals surface area (Å²) in [6, 6.07) is 30.3. The van der Waals surface area contributed by atoms with Crippen LogP contribution in [0, 0.1) is 0 Å². The Morgan fingerprint density at radius 3 is 2.26 bits per heavy atom. The van der Waals surface area contributed by atoms with E-state index < -0.39 is 0 Å². The number of carbonyl (C=O) groups is 1. The first-order valence-corrected chi connectivity index (χ1v) is 12.6. The molecular weight excluding hydrogens is 506 g/mol. The quantitative estimate of drug-likeness (QED) is 0.224. The molecular formula is C28H22BrN3OS. The van der Waals surface area contributed by atoms with Gasteiger partial charge in [-0.25, -0.2) is 4.98 Å². The van der Waals surface area contributed by atoms with Crippen LogP contribution in [0.25, 0.3) is 10.2 Å². The molecule has 0 saturated heterocycles. The highest BCUT2D eigenvalue weighted by molar-refractivity contribution is 9.10. The predicted molar refractivity (Wildman–Crippen MR) is 142 cm³/mol. The Labute approximate surface area is 211 Å². The zero-order valence-electron chi connectivity index (χ0n) is 18.3. The summed E-state index contributed by atoms with van der Waals surface area (Å²) < 4.78 is 2.03. The van der Waals surface area contributed by atoms with Gasteiger partial charge in [0, 0.05) is 29.2 Å². The molecule has 0 aliphatic rings. The third kappa shape index (κ3) is 5.08. The lowest BCUT2D eigenvalue weighted by Gasteiger charge is -2.24. The molecule has 0 fully saturated rings. The number of hydrogen-bond acceptors (Lipinski definition) is 4. The average molecular weight is 528 g/mol. The monoisotopic (exact) mass is 527 g/mol. The van der Waals surface area contributed by atoms with Gasteiger partial charge in [-0.05, 0) is 41.0 Å². The largest absolute Gasteiger partial charge is 0.284 e. The zero-order valence-corrected chi connectivity index (χ0v) is 20.7. The molecule has 0 saturated carbocycles. The SMILES string of the molecule is O=C(CC(c1ccccc1)c1ccccc1)N(Cc1cccnc1)c1nc2ccc(Br)cc2s1. The summed E-state index contributed by atoms with van der Waals surface area (Å²) in [5, 5.41) is 0.696. The summed E-state index contributed by atoms with van der Waals surface area (Å²) in [7, 11) is 0. The van der Waals surface area contributed by atoms with E-state index in [1.54, 1.807) is 17.3 Å². The van der Waals surface area contributed by atoms with Crippen molar-refractivity contribution >= 4 is 48.5 Å². The number of carbonyl (C=O) groups excluding carboxylic acids is 1. The number of benzene rings is 3. The van der Waals surface area contributed by atoms with Crippen LogP contribution < -0.4 is 4.90 Å². The van der Waals surface area contributed by atoms with Crippen LogP contribution in [0.2, 0.25) is 0 Å². The molecule has 5 aromatic rings. The van der Waals surface area contributed by atoms with Crippen LogP contribution in [-0.2, 0) is 11.3 Å². The molecule has 0 bridgehead atoms. The molecule has 5 rings (SSSR count). The molecule has 0 N–H and O–H groups in total. The number of aromatic nitrogens is 2. The van der Waals surface area contributed by atoms with Crippen molar-refractivity contribution in [1.29, 1.82) is 0 Å². The highest BCUT2D eigenvalue weighted by Crippen LogP contribution is 2.34. The van der Waals surface area contributed by atoms with Crippen LogP contribution in [0.5, 0.6) is 0 Å². The molecule has 4 nitrogen and oxygen atoms in total. The van der Waals surface area contributed by atoms with E-state index in [1.807, 2.05) is 66.7 Å². The second kappa shape index (κ2) is 10.3. The van der Waals surface area contributed by atoms with Gasteiger partial charge in [0.15, 0.2) is 5.13 Å². The van der Waals surface area contributed by atoms with Gasteiger partial charge in [-0.15, -0.1) is 0 Å². The van der Waals surface area contributed by atoms with E-state index in [1.165, 1.54) is 11.3 Å². The molecule has 0 unspecified atom stereocenters. The van der Waals surface area contributed by atoms with Gasteiger partial charge in [0.2, 0.25) is 5.91 Å².